The standard InChI is InChI=1S/C20H32FN3O2.HI/c1-4-22-19(23-10-6-11-26-18-9-12-25-14-18)24-15-20(2,3)16-7-5-8-17(21)13-16;/h5,7-8,13,18H,4,6,9-12,14-15H2,1-3H3,(H2,22,23,24);1H. The lowest BCUT2D eigenvalue weighted by Gasteiger charge is -2.24. The number of benzene rings is 1. The Morgan fingerprint density at radius 1 is 1.37 bits per heavy atom. The van der Waals surface area contributed by atoms with Gasteiger partial charge in [-0.15, -0.1) is 24.0 Å². The maximum atomic E-state index is 13.5. The zero-order valence-corrected chi connectivity index (χ0v) is 18.9. The number of hydrogen-bond donors (Lipinski definition) is 2. The van der Waals surface area contributed by atoms with Gasteiger partial charge in [0.15, 0.2) is 5.96 Å². The average Bonchev–Trinajstić information content (AvgIpc) is 3.13. The summed E-state index contributed by atoms with van der Waals surface area (Å²) < 4.78 is 24.6. The van der Waals surface area contributed by atoms with Gasteiger partial charge >= 0.3 is 0 Å². The summed E-state index contributed by atoms with van der Waals surface area (Å²) in [4.78, 5) is 4.68. The first-order valence-corrected chi connectivity index (χ1v) is 9.49. The molecule has 5 nitrogen and oxygen atoms in total. The van der Waals surface area contributed by atoms with Crippen LogP contribution in [0.5, 0.6) is 0 Å². The molecule has 0 aromatic heterocycles. The molecule has 154 valence electrons. The second-order valence-corrected chi connectivity index (χ2v) is 7.23. The molecule has 2 rings (SSSR count). The monoisotopic (exact) mass is 493 g/mol. The predicted molar refractivity (Wildman–Crippen MR) is 119 cm³/mol. The highest BCUT2D eigenvalue weighted by Gasteiger charge is 2.21. The maximum absolute atomic E-state index is 13.5. The Bertz CT molecular complexity index is 578. The van der Waals surface area contributed by atoms with Crippen LogP contribution in [-0.4, -0.2) is 51.5 Å². The van der Waals surface area contributed by atoms with Crippen LogP contribution in [0.25, 0.3) is 0 Å². The molecule has 1 fully saturated rings. The molecule has 1 saturated heterocycles. The van der Waals surface area contributed by atoms with Crippen molar-refractivity contribution in [2.24, 2.45) is 4.99 Å². The molecule has 0 amide bonds. The third-order valence-corrected chi connectivity index (χ3v) is 4.44. The van der Waals surface area contributed by atoms with E-state index in [2.05, 4.69) is 29.5 Å². The molecule has 1 aromatic carbocycles. The van der Waals surface area contributed by atoms with Gasteiger partial charge in [-0.25, -0.2) is 4.39 Å². The Kier molecular flexibility index (Phi) is 11.2. The minimum Gasteiger partial charge on any atom is -0.379 e. The van der Waals surface area contributed by atoms with E-state index in [0.29, 0.717) is 13.2 Å². The fourth-order valence-electron chi connectivity index (χ4n) is 2.79. The molecule has 1 aliphatic heterocycles. The van der Waals surface area contributed by atoms with E-state index < -0.39 is 0 Å². The van der Waals surface area contributed by atoms with Crippen molar-refractivity contribution in [3.05, 3.63) is 35.6 Å². The van der Waals surface area contributed by atoms with Crippen LogP contribution in [0.15, 0.2) is 29.3 Å². The van der Waals surface area contributed by atoms with Gasteiger partial charge in [-0.3, -0.25) is 4.99 Å². The number of aliphatic imine (C=N–C) groups is 1. The SMILES string of the molecule is CCNC(=NCC(C)(C)c1cccc(F)c1)NCCCOC1CCOC1.I. The summed E-state index contributed by atoms with van der Waals surface area (Å²) >= 11 is 0. The molecule has 1 aliphatic rings. The van der Waals surface area contributed by atoms with Crippen molar-refractivity contribution in [1.29, 1.82) is 0 Å². The number of guanidine groups is 1. The Morgan fingerprint density at radius 3 is 2.85 bits per heavy atom. The van der Waals surface area contributed by atoms with Gasteiger partial charge < -0.3 is 20.1 Å². The zero-order chi connectivity index (χ0) is 18.8. The second-order valence-electron chi connectivity index (χ2n) is 7.23. The zero-order valence-electron chi connectivity index (χ0n) is 16.6. The fourth-order valence-corrected chi connectivity index (χ4v) is 2.79. The van der Waals surface area contributed by atoms with E-state index in [-0.39, 0.29) is 41.3 Å². The van der Waals surface area contributed by atoms with Crippen molar-refractivity contribution < 1.29 is 13.9 Å². The minimum absolute atomic E-state index is 0. The number of halogens is 2. The molecule has 1 aromatic rings. The Hall–Kier alpha value is -0.930. The van der Waals surface area contributed by atoms with Crippen LogP contribution in [0, 0.1) is 5.82 Å². The summed E-state index contributed by atoms with van der Waals surface area (Å²) in [6, 6.07) is 6.74. The summed E-state index contributed by atoms with van der Waals surface area (Å²) in [5.41, 5.74) is 0.708. The van der Waals surface area contributed by atoms with E-state index in [4.69, 9.17) is 9.47 Å². The summed E-state index contributed by atoms with van der Waals surface area (Å²) in [6.45, 7) is 10.6. The van der Waals surface area contributed by atoms with Gasteiger partial charge in [0.2, 0.25) is 0 Å². The van der Waals surface area contributed by atoms with Gasteiger partial charge in [0, 0.05) is 31.7 Å². The van der Waals surface area contributed by atoms with Crippen LogP contribution >= 0.6 is 24.0 Å². The maximum Gasteiger partial charge on any atom is 0.191 e. The molecule has 2 N–H and O–H groups in total. The van der Waals surface area contributed by atoms with Crippen LogP contribution < -0.4 is 10.6 Å². The third kappa shape index (κ3) is 8.74. The predicted octanol–water partition coefficient (Wildman–Crippen LogP) is 3.47. The largest absolute Gasteiger partial charge is 0.379 e. The van der Waals surface area contributed by atoms with E-state index in [9.17, 15) is 4.39 Å². The highest BCUT2D eigenvalue weighted by molar-refractivity contribution is 14.0. The topological polar surface area (TPSA) is 54.9 Å². The molecule has 0 bridgehead atoms. The summed E-state index contributed by atoms with van der Waals surface area (Å²) in [5, 5.41) is 6.59. The number of ether oxygens (including phenoxy) is 2. The van der Waals surface area contributed by atoms with Gasteiger partial charge in [-0.05, 0) is 37.5 Å². The van der Waals surface area contributed by atoms with E-state index in [0.717, 1.165) is 50.7 Å². The Morgan fingerprint density at radius 2 is 2.19 bits per heavy atom. The Balaban J connectivity index is 0.00000364. The van der Waals surface area contributed by atoms with Crippen LogP contribution in [0.4, 0.5) is 4.39 Å². The normalized spacial score (nSPS) is 17.5. The van der Waals surface area contributed by atoms with Crippen LogP contribution in [-0.2, 0) is 14.9 Å². The molecule has 1 heterocycles. The molecule has 0 radical (unpaired) electrons. The first-order valence-electron chi connectivity index (χ1n) is 9.49. The van der Waals surface area contributed by atoms with Crippen LogP contribution in [0.2, 0.25) is 0 Å². The van der Waals surface area contributed by atoms with Crippen molar-refractivity contribution >= 4 is 29.9 Å². The quantitative estimate of drug-likeness (QED) is 0.240. The first-order chi connectivity index (χ1) is 12.5. The number of nitrogens with zero attached hydrogens (tertiary/aromatic N) is 1. The van der Waals surface area contributed by atoms with Crippen LogP contribution in [0.3, 0.4) is 0 Å². The molecule has 0 aliphatic carbocycles. The van der Waals surface area contributed by atoms with E-state index in [1.807, 2.05) is 13.0 Å². The Labute approximate surface area is 179 Å². The second kappa shape index (κ2) is 12.5. The smallest absolute Gasteiger partial charge is 0.191 e. The van der Waals surface area contributed by atoms with Crippen molar-refractivity contribution in [1.82, 2.24) is 10.6 Å². The lowest BCUT2D eigenvalue weighted by atomic mass is 9.85. The fraction of sp³-hybridized carbons (Fsp3) is 0.650. The molecule has 1 unspecified atom stereocenters. The lowest BCUT2D eigenvalue weighted by Crippen LogP contribution is -2.39. The molecule has 7 heteroatoms. The summed E-state index contributed by atoms with van der Waals surface area (Å²) in [5.74, 6) is 0.568. The van der Waals surface area contributed by atoms with Gasteiger partial charge in [0.05, 0.1) is 19.3 Å². The molecular formula is C20H33FIN3O2. The average molecular weight is 493 g/mol. The number of nitrogens with one attached hydrogen (secondary N) is 2. The molecule has 1 atom stereocenters. The summed E-state index contributed by atoms with van der Waals surface area (Å²) in [7, 11) is 0. The van der Waals surface area contributed by atoms with E-state index >= 15 is 0 Å². The highest BCUT2D eigenvalue weighted by Crippen LogP contribution is 2.24. The summed E-state index contributed by atoms with van der Waals surface area (Å²) in [6.07, 6.45) is 2.16. The molecule has 0 spiro atoms. The van der Waals surface area contributed by atoms with Gasteiger partial charge in [0.1, 0.15) is 5.82 Å². The van der Waals surface area contributed by atoms with Crippen molar-refractivity contribution in [3.63, 3.8) is 0 Å². The van der Waals surface area contributed by atoms with Crippen molar-refractivity contribution in [2.75, 3.05) is 39.5 Å². The lowest BCUT2D eigenvalue weighted by molar-refractivity contribution is 0.0420. The number of hydrogen-bond acceptors (Lipinski definition) is 3. The molecule has 0 saturated carbocycles. The van der Waals surface area contributed by atoms with Crippen molar-refractivity contribution in [3.8, 4) is 0 Å². The van der Waals surface area contributed by atoms with Crippen molar-refractivity contribution in [2.45, 2.75) is 45.1 Å². The van der Waals surface area contributed by atoms with Crippen LogP contribution in [0.1, 0.15) is 39.2 Å². The van der Waals surface area contributed by atoms with Gasteiger partial charge in [-0.2, -0.15) is 0 Å². The molecular weight excluding hydrogens is 460 g/mol. The first kappa shape index (κ1) is 24.1. The highest BCUT2D eigenvalue weighted by atomic mass is 127. The third-order valence-electron chi connectivity index (χ3n) is 4.44. The minimum atomic E-state index is -0.240. The molecule has 27 heavy (non-hydrogen) atoms. The van der Waals surface area contributed by atoms with Gasteiger partial charge in [-0.1, -0.05) is 26.0 Å². The van der Waals surface area contributed by atoms with E-state index in [1.54, 1.807) is 12.1 Å². The van der Waals surface area contributed by atoms with E-state index in [1.165, 1.54) is 6.07 Å². The number of rotatable bonds is 9. The van der Waals surface area contributed by atoms with Gasteiger partial charge in [0.25, 0.3) is 0 Å².